The van der Waals surface area contributed by atoms with Gasteiger partial charge in [0.25, 0.3) is 0 Å². The first-order chi connectivity index (χ1) is 7.20. The average Bonchev–Trinajstić information content (AvgIpc) is 2.19. The molecule has 0 bridgehead atoms. The Labute approximate surface area is 100.0 Å². The summed E-state index contributed by atoms with van der Waals surface area (Å²) in [6.45, 7) is 3.56. The molecule has 0 aliphatic carbocycles. The number of hydrogen-bond donors (Lipinski definition) is 1. The zero-order chi connectivity index (χ0) is 10.8. The fourth-order valence-corrected chi connectivity index (χ4v) is 2.61. The van der Waals surface area contributed by atoms with Crippen LogP contribution in [0.3, 0.4) is 0 Å². The number of halogens is 2. The molecule has 0 unspecified atom stereocenters. The minimum absolute atomic E-state index is 0.695. The van der Waals surface area contributed by atoms with Gasteiger partial charge in [-0.3, -0.25) is 4.90 Å². The van der Waals surface area contributed by atoms with Crippen LogP contribution >= 0.6 is 23.2 Å². The van der Waals surface area contributed by atoms with Crippen LogP contribution in [0.15, 0.2) is 12.1 Å². The van der Waals surface area contributed by atoms with Gasteiger partial charge in [0.1, 0.15) is 0 Å². The van der Waals surface area contributed by atoms with Gasteiger partial charge in [-0.25, -0.2) is 0 Å². The van der Waals surface area contributed by atoms with Crippen LogP contribution in [0.1, 0.15) is 11.1 Å². The van der Waals surface area contributed by atoms with E-state index in [1.54, 1.807) is 0 Å². The first-order valence-electron chi connectivity index (χ1n) is 5.10. The fourth-order valence-electron chi connectivity index (χ4n) is 2.01. The summed E-state index contributed by atoms with van der Waals surface area (Å²) in [4.78, 5) is 2.32. The molecule has 0 saturated heterocycles. The molecule has 1 heterocycles. The first-order valence-corrected chi connectivity index (χ1v) is 5.85. The molecule has 82 valence electrons. The van der Waals surface area contributed by atoms with Crippen LogP contribution in [0.2, 0.25) is 10.0 Å². The maximum atomic E-state index is 6.17. The number of benzene rings is 1. The monoisotopic (exact) mass is 244 g/mol. The molecule has 2 rings (SSSR count). The maximum Gasteiger partial charge on any atom is 0.0468 e. The normalized spacial score (nSPS) is 16.5. The van der Waals surface area contributed by atoms with Crippen LogP contribution in [0.25, 0.3) is 0 Å². The highest BCUT2D eigenvalue weighted by Gasteiger charge is 2.18. The van der Waals surface area contributed by atoms with Crippen molar-refractivity contribution >= 4 is 23.2 Å². The lowest BCUT2D eigenvalue weighted by Gasteiger charge is -2.29. The summed E-state index contributed by atoms with van der Waals surface area (Å²) in [5.41, 5.74) is 8.03. The molecule has 2 N–H and O–H groups in total. The van der Waals surface area contributed by atoms with Gasteiger partial charge in [0, 0.05) is 36.2 Å². The summed E-state index contributed by atoms with van der Waals surface area (Å²) in [5.74, 6) is 0. The van der Waals surface area contributed by atoms with Gasteiger partial charge in [-0.1, -0.05) is 23.2 Å². The van der Waals surface area contributed by atoms with Gasteiger partial charge in [-0.15, -0.1) is 0 Å². The maximum absolute atomic E-state index is 6.17. The number of nitrogens with two attached hydrogens (primary N) is 1. The summed E-state index contributed by atoms with van der Waals surface area (Å²) in [5, 5.41) is 1.50. The number of nitrogens with zero attached hydrogens (tertiary/aromatic N) is 1. The van der Waals surface area contributed by atoms with Crippen LogP contribution in [0, 0.1) is 0 Å². The summed E-state index contributed by atoms with van der Waals surface area (Å²) < 4.78 is 0. The molecule has 0 aromatic heterocycles. The summed E-state index contributed by atoms with van der Waals surface area (Å²) >= 11 is 12.1. The summed E-state index contributed by atoms with van der Waals surface area (Å²) in [6, 6.07) is 3.83. The second-order valence-corrected chi connectivity index (χ2v) is 4.68. The molecule has 1 aliphatic heterocycles. The predicted molar refractivity (Wildman–Crippen MR) is 64.5 cm³/mol. The van der Waals surface area contributed by atoms with E-state index in [9.17, 15) is 0 Å². The molecule has 4 heteroatoms. The van der Waals surface area contributed by atoms with Crippen molar-refractivity contribution in [1.29, 1.82) is 0 Å². The Balaban J connectivity index is 2.25. The number of rotatable bonds is 2. The van der Waals surface area contributed by atoms with Gasteiger partial charge in [-0.2, -0.15) is 0 Å². The van der Waals surface area contributed by atoms with Crippen LogP contribution in [-0.4, -0.2) is 24.5 Å². The fraction of sp³-hybridized carbons (Fsp3) is 0.455. The zero-order valence-corrected chi connectivity index (χ0v) is 9.98. The van der Waals surface area contributed by atoms with Crippen molar-refractivity contribution in [3.63, 3.8) is 0 Å². The smallest absolute Gasteiger partial charge is 0.0468 e. The summed E-state index contributed by atoms with van der Waals surface area (Å²) in [6.07, 6.45) is 1.01. The zero-order valence-electron chi connectivity index (χ0n) is 8.47. The highest BCUT2D eigenvalue weighted by atomic mass is 35.5. The molecular formula is C11H14Cl2N2. The lowest BCUT2D eigenvalue weighted by atomic mass is 10.00. The Morgan fingerprint density at radius 3 is 2.87 bits per heavy atom. The van der Waals surface area contributed by atoms with Crippen molar-refractivity contribution in [3.8, 4) is 0 Å². The largest absolute Gasteiger partial charge is 0.329 e. The van der Waals surface area contributed by atoms with E-state index in [2.05, 4.69) is 4.90 Å². The molecule has 0 spiro atoms. The summed E-state index contributed by atoms with van der Waals surface area (Å²) in [7, 11) is 0. The molecule has 0 radical (unpaired) electrons. The Bertz CT molecular complexity index is 366. The van der Waals surface area contributed by atoms with Crippen molar-refractivity contribution in [3.05, 3.63) is 33.3 Å². The van der Waals surface area contributed by atoms with E-state index in [0.717, 1.165) is 36.1 Å². The molecular weight excluding hydrogens is 231 g/mol. The van der Waals surface area contributed by atoms with Crippen molar-refractivity contribution in [2.75, 3.05) is 19.6 Å². The van der Waals surface area contributed by atoms with Crippen molar-refractivity contribution in [2.45, 2.75) is 13.0 Å². The predicted octanol–water partition coefficient (Wildman–Crippen LogP) is 2.31. The van der Waals surface area contributed by atoms with Gasteiger partial charge in [0.05, 0.1) is 0 Å². The van der Waals surface area contributed by atoms with Gasteiger partial charge < -0.3 is 5.73 Å². The van der Waals surface area contributed by atoms with Crippen LogP contribution in [0.5, 0.6) is 0 Å². The van der Waals surface area contributed by atoms with Gasteiger partial charge >= 0.3 is 0 Å². The Morgan fingerprint density at radius 2 is 2.13 bits per heavy atom. The molecule has 0 amide bonds. The van der Waals surface area contributed by atoms with E-state index in [0.29, 0.717) is 6.54 Å². The van der Waals surface area contributed by atoms with Crippen LogP contribution in [0.4, 0.5) is 0 Å². The van der Waals surface area contributed by atoms with E-state index in [-0.39, 0.29) is 0 Å². The third kappa shape index (κ3) is 2.45. The van der Waals surface area contributed by atoms with Crippen LogP contribution < -0.4 is 5.73 Å². The Kier molecular flexibility index (Phi) is 3.52. The molecule has 0 saturated carbocycles. The molecule has 0 atom stereocenters. The average molecular weight is 245 g/mol. The molecule has 1 aliphatic rings. The SMILES string of the molecule is NCCN1CCc2cc(Cl)cc(Cl)c2C1. The number of fused-ring (bicyclic) bond motifs is 1. The molecule has 2 nitrogen and oxygen atoms in total. The standard InChI is InChI=1S/C11H14Cl2N2/c12-9-5-8-1-3-15(4-2-14)7-10(8)11(13)6-9/h5-6H,1-4,7,14H2. The highest BCUT2D eigenvalue weighted by molar-refractivity contribution is 6.35. The minimum Gasteiger partial charge on any atom is -0.329 e. The highest BCUT2D eigenvalue weighted by Crippen LogP contribution is 2.29. The first kappa shape index (κ1) is 11.2. The van der Waals surface area contributed by atoms with E-state index < -0.39 is 0 Å². The van der Waals surface area contributed by atoms with Crippen molar-refractivity contribution < 1.29 is 0 Å². The third-order valence-corrected chi connectivity index (χ3v) is 3.33. The van der Waals surface area contributed by atoms with Crippen LogP contribution in [-0.2, 0) is 13.0 Å². The lowest BCUT2D eigenvalue weighted by Crippen LogP contribution is -2.34. The topological polar surface area (TPSA) is 29.3 Å². The molecule has 15 heavy (non-hydrogen) atoms. The second-order valence-electron chi connectivity index (χ2n) is 3.84. The molecule has 1 aromatic carbocycles. The van der Waals surface area contributed by atoms with Crippen molar-refractivity contribution in [2.24, 2.45) is 5.73 Å². The van der Waals surface area contributed by atoms with Gasteiger partial charge in [0.2, 0.25) is 0 Å². The van der Waals surface area contributed by atoms with E-state index in [1.807, 2.05) is 12.1 Å². The minimum atomic E-state index is 0.695. The van der Waals surface area contributed by atoms with Gasteiger partial charge in [0.15, 0.2) is 0 Å². The van der Waals surface area contributed by atoms with E-state index >= 15 is 0 Å². The molecule has 1 aromatic rings. The molecule has 0 fully saturated rings. The van der Waals surface area contributed by atoms with E-state index in [4.69, 9.17) is 28.9 Å². The third-order valence-electron chi connectivity index (χ3n) is 2.78. The Hall–Kier alpha value is -0.280. The second kappa shape index (κ2) is 4.71. The Morgan fingerprint density at radius 1 is 1.33 bits per heavy atom. The lowest BCUT2D eigenvalue weighted by molar-refractivity contribution is 0.261. The van der Waals surface area contributed by atoms with Crippen molar-refractivity contribution in [1.82, 2.24) is 4.90 Å². The van der Waals surface area contributed by atoms with E-state index in [1.165, 1.54) is 11.1 Å². The quantitative estimate of drug-likeness (QED) is 0.866. The van der Waals surface area contributed by atoms with Gasteiger partial charge in [-0.05, 0) is 29.7 Å². The number of hydrogen-bond acceptors (Lipinski definition) is 2.